The molecule has 1 atom stereocenters. The van der Waals surface area contributed by atoms with Crippen molar-refractivity contribution in [3.63, 3.8) is 0 Å². The summed E-state index contributed by atoms with van der Waals surface area (Å²) in [5.74, 6) is 0.0413. The summed E-state index contributed by atoms with van der Waals surface area (Å²) in [6.07, 6.45) is 3.94. The number of carbonyl (C=O) groups excluding carboxylic acids is 1. The van der Waals surface area contributed by atoms with Crippen LogP contribution in [-0.4, -0.2) is 16.9 Å². The van der Waals surface area contributed by atoms with Crippen LogP contribution < -0.4 is 10.6 Å². The van der Waals surface area contributed by atoms with Gasteiger partial charge in [-0.15, -0.1) is 0 Å². The van der Waals surface area contributed by atoms with Crippen LogP contribution >= 0.6 is 0 Å². The lowest BCUT2D eigenvalue weighted by molar-refractivity contribution is -0.123. The number of rotatable bonds is 6. The maximum Gasteiger partial charge on any atom is 0.241 e. The quantitative estimate of drug-likeness (QED) is 0.853. The minimum absolute atomic E-state index is 0.0413. The van der Waals surface area contributed by atoms with Gasteiger partial charge in [0, 0.05) is 18.8 Å². The Kier molecular flexibility index (Phi) is 4.26. The van der Waals surface area contributed by atoms with Gasteiger partial charge >= 0.3 is 0 Å². The van der Waals surface area contributed by atoms with Gasteiger partial charge in [0.05, 0.1) is 5.69 Å². The highest BCUT2D eigenvalue weighted by Gasteiger charge is 2.28. The second-order valence-electron chi connectivity index (χ2n) is 5.33. The van der Waals surface area contributed by atoms with Crippen molar-refractivity contribution >= 4 is 5.91 Å². The van der Waals surface area contributed by atoms with E-state index in [2.05, 4.69) is 15.6 Å². The monoisotopic (exact) mass is 281 g/mol. The number of amides is 1. The predicted molar refractivity (Wildman–Crippen MR) is 81.4 cm³/mol. The third-order valence-electron chi connectivity index (χ3n) is 3.53. The minimum Gasteiger partial charge on any atom is -0.352 e. The largest absolute Gasteiger partial charge is 0.352 e. The van der Waals surface area contributed by atoms with Gasteiger partial charge in [-0.25, -0.2) is 0 Å². The van der Waals surface area contributed by atoms with Crippen molar-refractivity contribution in [1.29, 1.82) is 0 Å². The van der Waals surface area contributed by atoms with E-state index in [0.717, 1.165) is 24.1 Å². The Morgan fingerprint density at radius 1 is 1.14 bits per heavy atom. The van der Waals surface area contributed by atoms with E-state index in [1.54, 1.807) is 6.20 Å². The summed E-state index contributed by atoms with van der Waals surface area (Å²) >= 11 is 0. The van der Waals surface area contributed by atoms with E-state index in [1.807, 2.05) is 48.5 Å². The molecule has 0 spiro atoms. The third-order valence-corrected chi connectivity index (χ3v) is 3.53. The molecule has 0 bridgehead atoms. The van der Waals surface area contributed by atoms with Gasteiger partial charge in [-0.05, 0) is 30.5 Å². The van der Waals surface area contributed by atoms with Crippen LogP contribution in [0.2, 0.25) is 0 Å². The van der Waals surface area contributed by atoms with Gasteiger partial charge in [-0.1, -0.05) is 36.4 Å². The van der Waals surface area contributed by atoms with E-state index in [4.69, 9.17) is 0 Å². The highest BCUT2D eigenvalue weighted by Crippen LogP contribution is 2.21. The van der Waals surface area contributed by atoms with Gasteiger partial charge in [0.1, 0.15) is 6.04 Å². The Hall–Kier alpha value is -2.20. The molecule has 0 aliphatic heterocycles. The second-order valence-corrected chi connectivity index (χ2v) is 5.33. The van der Waals surface area contributed by atoms with Gasteiger partial charge in [0.2, 0.25) is 5.91 Å². The predicted octanol–water partition coefficient (Wildman–Crippen LogP) is 2.19. The highest BCUT2D eigenvalue weighted by molar-refractivity contribution is 5.83. The van der Waals surface area contributed by atoms with Crippen molar-refractivity contribution in [2.45, 2.75) is 31.5 Å². The molecule has 2 aromatic rings. The second kappa shape index (κ2) is 6.50. The van der Waals surface area contributed by atoms with Crippen molar-refractivity contribution < 1.29 is 4.79 Å². The van der Waals surface area contributed by atoms with Gasteiger partial charge < -0.3 is 5.32 Å². The highest BCUT2D eigenvalue weighted by atomic mass is 16.2. The molecule has 1 aliphatic rings. The first-order valence-corrected chi connectivity index (χ1v) is 7.31. The van der Waals surface area contributed by atoms with Gasteiger partial charge in [0.15, 0.2) is 0 Å². The van der Waals surface area contributed by atoms with Crippen LogP contribution in [0.25, 0.3) is 0 Å². The Morgan fingerprint density at radius 3 is 2.57 bits per heavy atom. The number of hydrogen-bond donors (Lipinski definition) is 2. The van der Waals surface area contributed by atoms with Crippen LogP contribution in [0.5, 0.6) is 0 Å². The molecule has 108 valence electrons. The normalized spacial score (nSPS) is 15.4. The van der Waals surface area contributed by atoms with Crippen molar-refractivity contribution in [2.75, 3.05) is 0 Å². The van der Waals surface area contributed by atoms with E-state index >= 15 is 0 Å². The molecule has 0 unspecified atom stereocenters. The zero-order valence-corrected chi connectivity index (χ0v) is 11.8. The van der Waals surface area contributed by atoms with E-state index in [0.29, 0.717) is 12.6 Å². The summed E-state index contributed by atoms with van der Waals surface area (Å²) < 4.78 is 0. The van der Waals surface area contributed by atoms with E-state index < -0.39 is 0 Å². The molecule has 21 heavy (non-hydrogen) atoms. The number of nitrogens with one attached hydrogen (secondary N) is 2. The lowest BCUT2D eigenvalue weighted by Crippen LogP contribution is -2.38. The zero-order valence-electron chi connectivity index (χ0n) is 11.8. The molecule has 2 N–H and O–H groups in total. The molecule has 4 heteroatoms. The Bertz CT molecular complexity index is 581. The van der Waals surface area contributed by atoms with Crippen molar-refractivity contribution in [3.05, 3.63) is 66.0 Å². The molecule has 4 nitrogen and oxygen atoms in total. The van der Waals surface area contributed by atoms with Gasteiger partial charge in [0.25, 0.3) is 0 Å². The summed E-state index contributed by atoms with van der Waals surface area (Å²) in [4.78, 5) is 16.7. The summed E-state index contributed by atoms with van der Waals surface area (Å²) in [6, 6.07) is 15.6. The van der Waals surface area contributed by atoms with Crippen molar-refractivity contribution in [1.82, 2.24) is 15.6 Å². The van der Waals surface area contributed by atoms with Crippen LogP contribution in [0.15, 0.2) is 54.7 Å². The number of hydrogen-bond acceptors (Lipinski definition) is 3. The molecule has 3 rings (SSSR count). The standard InChI is InChI=1S/C17H19N3O/c21-17(20-14-9-10-14)16(13-6-2-1-3-7-13)19-12-15-8-4-5-11-18-15/h1-8,11,14,16,19H,9-10,12H2,(H,20,21)/t16-/m1/s1. The van der Waals surface area contributed by atoms with E-state index in [-0.39, 0.29) is 11.9 Å². The zero-order chi connectivity index (χ0) is 14.5. The van der Waals surface area contributed by atoms with Crippen LogP contribution in [0, 0.1) is 0 Å². The third kappa shape index (κ3) is 3.89. The molecule has 1 aromatic heterocycles. The lowest BCUT2D eigenvalue weighted by atomic mass is 10.1. The lowest BCUT2D eigenvalue weighted by Gasteiger charge is -2.18. The Morgan fingerprint density at radius 2 is 1.90 bits per heavy atom. The average Bonchev–Trinajstić information content (AvgIpc) is 3.33. The number of pyridine rings is 1. The topological polar surface area (TPSA) is 54.0 Å². The van der Waals surface area contributed by atoms with E-state index in [1.165, 1.54) is 0 Å². The maximum absolute atomic E-state index is 12.4. The smallest absolute Gasteiger partial charge is 0.241 e. The average molecular weight is 281 g/mol. The fraction of sp³-hybridized carbons (Fsp3) is 0.294. The van der Waals surface area contributed by atoms with Crippen LogP contribution in [0.1, 0.15) is 30.1 Å². The fourth-order valence-electron chi connectivity index (χ4n) is 2.23. The molecule has 1 fully saturated rings. The molecule has 1 saturated carbocycles. The first kappa shape index (κ1) is 13.8. The molecule has 0 saturated heterocycles. The van der Waals surface area contributed by atoms with Gasteiger partial charge in [-0.3, -0.25) is 15.1 Å². The molecule has 1 heterocycles. The minimum atomic E-state index is -0.339. The number of nitrogens with zero attached hydrogens (tertiary/aromatic N) is 1. The number of benzene rings is 1. The molecular weight excluding hydrogens is 262 g/mol. The number of carbonyl (C=O) groups is 1. The van der Waals surface area contributed by atoms with Crippen molar-refractivity contribution in [3.8, 4) is 0 Å². The Labute approximate surface area is 124 Å². The maximum atomic E-state index is 12.4. The van der Waals surface area contributed by atoms with E-state index in [9.17, 15) is 4.79 Å². The SMILES string of the molecule is O=C(NC1CC1)[C@H](NCc1ccccn1)c1ccccc1. The van der Waals surface area contributed by atoms with Gasteiger partial charge in [-0.2, -0.15) is 0 Å². The van der Waals surface area contributed by atoms with Crippen LogP contribution in [0.3, 0.4) is 0 Å². The molecule has 1 aliphatic carbocycles. The summed E-state index contributed by atoms with van der Waals surface area (Å²) in [7, 11) is 0. The molecular formula is C17H19N3O. The first-order chi connectivity index (χ1) is 10.3. The van der Waals surface area contributed by atoms with Crippen LogP contribution in [0.4, 0.5) is 0 Å². The van der Waals surface area contributed by atoms with Crippen molar-refractivity contribution in [2.24, 2.45) is 0 Å². The summed E-state index contributed by atoms with van der Waals surface area (Å²) in [6.45, 7) is 0.568. The molecule has 0 radical (unpaired) electrons. The summed E-state index contributed by atoms with van der Waals surface area (Å²) in [5, 5.41) is 6.38. The summed E-state index contributed by atoms with van der Waals surface area (Å²) in [5.41, 5.74) is 1.91. The first-order valence-electron chi connectivity index (χ1n) is 7.31. The molecule has 1 amide bonds. The fourth-order valence-corrected chi connectivity index (χ4v) is 2.23. The van der Waals surface area contributed by atoms with Crippen LogP contribution in [-0.2, 0) is 11.3 Å². The molecule has 1 aromatic carbocycles. The Balaban J connectivity index is 1.70. The number of aromatic nitrogens is 1.